The van der Waals surface area contributed by atoms with Gasteiger partial charge in [-0.2, -0.15) is 9.78 Å². The number of fused-ring (bicyclic) bond motifs is 1. The number of benzene rings is 2. The first-order valence-corrected chi connectivity index (χ1v) is 11.0. The zero-order chi connectivity index (χ0) is 22.8. The molecule has 0 unspecified atom stereocenters. The Morgan fingerprint density at radius 1 is 1.19 bits per heavy atom. The Balaban J connectivity index is 1.88. The number of carbonyl (C=O) groups excluding carboxylic acids is 2. The number of carbonyl (C=O) groups is 2. The number of halogens is 1. The highest BCUT2D eigenvalue weighted by Gasteiger charge is 2.23. The molecule has 0 aliphatic carbocycles. The van der Waals surface area contributed by atoms with Gasteiger partial charge in [0.2, 0.25) is 0 Å². The van der Waals surface area contributed by atoms with Crippen molar-refractivity contribution in [3.63, 3.8) is 0 Å². The number of hydrogen-bond acceptors (Lipinski definition) is 6. The second-order valence-corrected chi connectivity index (χ2v) is 8.26. The molecule has 1 amide bonds. The van der Waals surface area contributed by atoms with E-state index in [0.29, 0.717) is 26.7 Å². The number of aromatic nitrogens is 2. The molecule has 0 atom stereocenters. The SMILES string of the molecule is CCOC(=O)c1nn(-c2ccc(C)cc2)c(=O)c2c(NC(=O)c3cccc(Cl)c3)scc12. The summed E-state index contributed by atoms with van der Waals surface area (Å²) >= 11 is 7.12. The Hall–Kier alpha value is -3.49. The summed E-state index contributed by atoms with van der Waals surface area (Å²) < 4.78 is 6.29. The Bertz CT molecular complexity index is 1390. The van der Waals surface area contributed by atoms with Crippen molar-refractivity contribution >= 4 is 50.6 Å². The minimum absolute atomic E-state index is 0.00142. The van der Waals surface area contributed by atoms with Crippen LogP contribution in [0.1, 0.15) is 33.3 Å². The number of thiophene rings is 1. The molecule has 0 aliphatic rings. The molecular weight excluding hydrogens is 450 g/mol. The minimum Gasteiger partial charge on any atom is -0.461 e. The molecule has 0 radical (unpaired) electrons. The minimum atomic E-state index is -0.649. The molecule has 2 aromatic heterocycles. The number of anilines is 1. The molecule has 9 heteroatoms. The molecule has 0 bridgehead atoms. The lowest BCUT2D eigenvalue weighted by Crippen LogP contribution is -2.25. The van der Waals surface area contributed by atoms with Crippen LogP contribution in [0.25, 0.3) is 16.5 Å². The van der Waals surface area contributed by atoms with E-state index in [2.05, 4.69) is 10.4 Å². The van der Waals surface area contributed by atoms with E-state index in [1.807, 2.05) is 19.1 Å². The Morgan fingerprint density at radius 2 is 1.94 bits per heavy atom. The molecule has 1 N–H and O–H groups in total. The van der Waals surface area contributed by atoms with Crippen LogP contribution in [-0.4, -0.2) is 28.3 Å². The average Bonchev–Trinajstić information content (AvgIpc) is 3.19. The van der Waals surface area contributed by atoms with Gasteiger partial charge in [0.15, 0.2) is 5.69 Å². The van der Waals surface area contributed by atoms with Gasteiger partial charge in [0.1, 0.15) is 5.00 Å². The lowest BCUT2D eigenvalue weighted by atomic mass is 10.2. The van der Waals surface area contributed by atoms with Crippen LogP contribution >= 0.6 is 22.9 Å². The zero-order valence-electron chi connectivity index (χ0n) is 17.2. The summed E-state index contributed by atoms with van der Waals surface area (Å²) in [5.74, 6) is -1.07. The van der Waals surface area contributed by atoms with E-state index in [0.717, 1.165) is 21.6 Å². The van der Waals surface area contributed by atoms with E-state index >= 15 is 0 Å². The first-order chi connectivity index (χ1) is 15.4. The van der Waals surface area contributed by atoms with Gasteiger partial charge in [-0.1, -0.05) is 35.4 Å². The quantitative estimate of drug-likeness (QED) is 0.424. The number of rotatable bonds is 5. The highest BCUT2D eigenvalue weighted by atomic mass is 35.5. The van der Waals surface area contributed by atoms with Crippen LogP contribution in [0.4, 0.5) is 5.00 Å². The smallest absolute Gasteiger partial charge is 0.359 e. The Morgan fingerprint density at radius 3 is 2.62 bits per heavy atom. The second kappa shape index (κ2) is 8.94. The number of nitrogens with one attached hydrogen (secondary N) is 1. The van der Waals surface area contributed by atoms with Gasteiger partial charge in [-0.25, -0.2) is 4.79 Å². The zero-order valence-corrected chi connectivity index (χ0v) is 18.8. The number of ether oxygens (including phenoxy) is 1. The summed E-state index contributed by atoms with van der Waals surface area (Å²) in [6.07, 6.45) is 0. The highest BCUT2D eigenvalue weighted by Crippen LogP contribution is 2.31. The molecule has 0 saturated carbocycles. The average molecular weight is 468 g/mol. The highest BCUT2D eigenvalue weighted by molar-refractivity contribution is 7.16. The normalized spacial score (nSPS) is 10.8. The van der Waals surface area contributed by atoms with Crippen LogP contribution in [-0.2, 0) is 4.74 Å². The molecule has 0 saturated heterocycles. The van der Waals surface area contributed by atoms with E-state index in [9.17, 15) is 14.4 Å². The van der Waals surface area contributed by atoms with Crippen molar-refractivity contribution in [1.29, 1.82) is 0 Å². The fourth-order valence-electron chi connectivity index (χ4n) is 3.16. The van der Waals surface area contributed by atoms with Gasteiger partial charge < -0.3 is 10.1 Å². The number of aryl methyl sites for hydroxylation is 1. The first kappa shape index (κ1) is 21.7. The molecule has 32 heavy (non-hydrogen) atoms. The van der Waals surface area contributed by atoms with Crippen LogP contribution in [0.3, 0.4) is 0 Å². The monoisotopic (exact) mass is 467 g/mol. The predicted molar refractivity (Wildman–Crippen MR) is 125 cm³/mol. The Labute approximate surface area is 192 Å². The van der Waals surface area contributed by atoms with E-state index in [1.54, 1.807) is 42.6 Å². The summed E-state index contributed by atoms with van der Waals surface area (Å²) in [6, 6.07) is 13.6. The number of esters is 1. The van der Waals surface area contributed by atoms with Crippen molar-refractivity contribution in [1.82, 2.24) is 9.78 Å². The van der Waals surface area contributed by atoms with E-state index in [4.69, 9.17) is 16.3 Å². The number of hydrogen-bond donors (Lipinski definition) is 1. The van der Waals surface area contributed by atoms with Gasteiger partial charge in [-0.15, -0.1) is 11.3 Å². The van der Waals surface area contributed by atoms with Crippen LogP contribution in [0.5, 0.6) is 0 Å². The predicted octanol–water partition coefficient (Wildman–Crippen LogP) is 4.84. The molecule has 7 nitrogen and oxygen atoms in total. The van der Waals surface area contributed by atoms with Crippen molar-refractivity contribution in [2.24, 2.45) is 0 Å². The molecule has 2 heterocycles. The van der Waals surface area contributed by atoms with Crippen molar-refractivity contribution < 1.29 is 14.3 Å². The fraction of sp³-hybridized carbons (Fsp3) is 0.130. The van der Waals surface area contributed by atoms with Crippen LogP contribution < -0.4 is 10.9 Å². The van der Waals surface area contributed by atoms with E-state index < -0.39 is 17.4 Å². The topological polar surface area (TPSA) is 90.3 Å². The molecule has 162 valence electrons. The summed E-state index contributed by atoms with van der Waals surface area (Å²) in [5.41, 5.74) is 1.39. The summed E-state index contributed by atoms with van der Waals surface area (Å²) in [7, 11) is 0. The summed E-state index contributed by atoms with van der Waals surface area (Å²) in [5, 5.41) is 9.90. The second-order valence-electron chi connectivity index (χ2n) is 6.94. The maximum Gasteiger partial charge on any atom is 0.359 e. The van der Waals surface area contributed by atoms with Gasteiger partial charge >= 0.3 is 5.97 Å². The lowest BCUT2D eigenvalue weighted by Gasteiger charge is -2.10. The molecule has 2 aromatic carbocycles. The third-order valence-corrected chi connectivity index (χ3v) is 5.84. The van der Waals surface area contributed by atoms with Gasteiger partial charge in [-0.05, 0) is 44.2 Å². The number of amides is 1. The van der Waals surface area contributed by atoms with Crippen LogP contribution in [0.2, 0.25) is 5.02 Å². The van der Waals surface area contributed by atoms with Crippen molar-refractivity contribution in [3.05, 3.63) is 86.1 Å². The molecule has 4 aromatic rings. The summed E-state index contributed by atoms with van der Waals surface area (Å²) in [4.78, 5) is 38.7. The van der Waals surface area contributed by atoms with Crippen molar-refractivity contribution in [3.8, 4) is 5.69 Å². The third-order valence-electron chi connectivity index (χ3n) is 4.71. The standard InChI is InChI=1S/C23H18ClN3O4S/c1-3-31-23(30)19-17-12-32-21(25-20(28)14-5-4-6-15(24)11-14)18(17)22(29)27(26-19)16-9-7-13(2)8-10-16/h4-12H,3H2,1-2H3,(H,25,28). The third kappa shape index (κ3) is 4.15. The van der Waals surface area contributed by atoms with Gasteiger partial charge in [0, 0.05) is 21.4 Å². The van der Waals surface area contributed by atoms with E-state index in [1.165, 1.54) is 6.07 Å². The van der Waals surface area contributed by atoms with Gasteiger partial charge in [-0.3, -0.25) is 9.59 Å². The molecule has 0 aliphatic heterocycles. The van der Waals surface area contributed by atoms with Gasteiger partial charge in [0.25, 0.3) is 11.5 Å². The fourth-order valence-corrected chi connectivity index (χ4v) is 4.28. The molecular formula is C23H18ClN3O4S. The van der Waals surface area contributed by atoms with Crippen LogP contribution in [0.15, 0.2) is 58.7 Å². The summed E-state index contributed by atoms with van der Waals surface area (Å²) in [6.45, 7) is 3.78. The van der Waals surface area contributed by atoms with Crippen molar-refractivity contribution in [2.75, 3.05) is 11.9 Å². The first-order valence-electron chi connectivity index (χ1n) is 9.74. The maximum absolute atomic E-state index is 13.4. The molecule has 4 rings (SSSR count). The van der Waals surface area contributed by atoms with Gasteiger partial charge in [0.05, 0.1) is 17.7 Å². The maximum atomic E-state index is 13.4. The molecule has 0 spiro atoms. The van der Waals surface area contributed by atoms with Crippen LogP contribution in [0, 0.1) is 6.92 Å². The van der Waals surface area contributed by atoms with E-state index in [-0.39, 0.29) is 17.7 Å². The number of nitrogens with zero attached hydrogens (tertiary/aromatic N) is 2. The largest absolute Gasteiger partial charge is 0.461 e. The molecule has 0 fully saturated rings. The lowest BCUT2D eigenvalue weighted by molar-refractivity contribution is 0.0520. The Kier molecular flexibility index (Phi) is 6.07. The van der Waals surface area contributed by atoms with Crippen molar-refractivity contribution in [2.45, 2.75) is 13.8 Å².